The zero-order valence-electron chi connectivity index (χ0n) is 13.5. The van der Waals surface area contributed by atoms with E-state index in [9.17, 15) is 13.6 Å². The number of rotatable bonds is 8. The monoisotopic (exact) mass is 345 g/mol. The Morgan fingerprint density at radius 1 is 1.32 bits per heavy atom. The number of hydrogen-bond acceptors (Lipinski definition) is 4. The number of carbonyl (C=O) groups is 1. The van der Waals surface area contributed by atoms with Crippen LogP contribution in [-0.2, 0) is 17.8 Å². The van der Waals surface area contributed by atoms with E-state index in [2.05, 4.69) is 33.8 Å². The molecule has 2 rings (SSSR count). The fraction of sp³-hybridized carbons (Fsp3) is 0.176. The Hall–Kier alpha value is -3.16. The Morgan fingerprint density at radius 2 is 2.04 bits per heavy atom. The molecule has 6 nitrogen and oxygen atoms in total. The molecule has 2 aromatic rings. The van der Waals surface area contributed by atoms with Crippen molar-refractivity contribution in [1.82, 2.24) is 20.0 Å². The maximum Gasteiger partial charge on any atom is 0.225 e. The van der Waals surface area contributed by atoms with E-state index in [0.717, 1.165) is 11.6 Å². The van der Waals surface area contributed by atoms with Crippen molar-refractivity contribution in [1.29, 1.82) is 0 Å². The number of pyridine rings is 1. The van der Waals surface area contributed by atoms with Crippen molar-refractivity contribution in [3.63, 3.8) is 0 Å². The first-order valence-corrected chi connectivity index (χ1v) is 7.44. The number of hydrogen-bond donors (Lipinski definition) is 1. The van der Waals surface area contributed by atoms with Gasteiger partial charge in [0.2, 0.25) is 5.91 Å². The van der Waals surface area contributed by atoms with Gasteiger partial charge in [0.15, 0.2) is 5.82 Å². The van der Waals surface area contributed by atoms with Crippen molar-refractivity contribution >= 4 is 11.7 Å². The second kappa shape index (κ2) is 8.62. The predicted molar refractivity (Wildman–Crippen MR) is 89.8 cm³/mol. The largest absolute Gasteiger partial charge is 0.308 e. The molecule has 0 aliphatic heterocycles. The zero-order valence-corrected chi connectivity index (χ0v) is 13.5. The van der Waals surface area contributed by atoms with Gasteiger partial charge in [0, 0.05) is 24.4 Å². The Labute approximate surface area is 143 Å². The molecule has 25 heavy (non-hydrogen) atoms. The van der Waals surface area contributed by atoms with Crippen molar-refractivity contribution in [2.24, 2.45) is 0 Å². The third-order valence-corrected chi connectivity index (χ3v) is 3.31. The quantitative estimate of drug-likeness (QED) is 0.746. The molecule has 130 valence electrons. The van der Waals surface area contributed by atoms with Gasteiger partial charge in [-0.2, -0.15) is 0 Å². The van der Waals surface area contributed by atoms with Crippen molar-refractivity contribution in [2.75, 3.05) is 5.32 Å². The van der Waals surface area contributed by atoms with E-state index < -0.39 is 11.7 Å². The van der Waals surface area contributed by atoms with E-state index in [4.69, 9.17) is 0 Å². The minimum atomic E-state index is -0.921. The van der Waals surface area contributed by atoms with Gasteiger partial charge in [-0.25, -0.2) is 13.5 Å². The molecule has 2 aromatic heterocycles. The summed E-state index contributed by atoms with van der Waals surface area (Å²) in [4.78, 5) is 15.8. The summed E-state index contributed by atoms with van der Waals surface area (Å²) in [6.07, 6.45) is 6.40. The minimum absolute atomic E-state index is 0.197. The van der Waals surface area contributed by atoms with Crippen LogP contribution in [0.1, 0.15) is 12.0 Å². The van der Waals surface area contributed by atoms with E-state index in [0.29, 0.717) is 6.42 Å². The van der Waals surface area contributed by atoms with E-state index in [1.807, 2.05) is 12.1 Å². The lowest BCUT2D eigenvalue weighted by Gasteiger charge is -2.04. The van der Waals surface area contributed by atoms with Gasteiger partial charge in [-0.3, -0.25) is 9.78 Å². The first-order valence-electron chi connectivity index (χ1n) is 7.44. The molecule has 0 atom stereocenters. The lowest BCUT2D eigenvalue weighted by molar-refractivity contribution is -0.116. The predicted octanol–water partition coefficient (Wildman–Crippen LogP) is 3.14. The van der Waals surface area contributed by atoms with Crippen molar-refractivity contribution in [2.45, 2.75) is 19.4 Å². The minimum Gasteiger partial charge on any atom is -0.308 e. The summed E-state index contributed by atoms with van der Waals surface area (Å²) in [7, 11) is 0. The highest BCUT2D eigenvalue weighted by molar-refractivity contribution is 5.89. The number of aromatic nitrogens is 4. The first kappa shape index (κ1) is 18.2. The molecule has 1 amide bonds. The molecule has 0 aliphatic carbocycles. The fourth-order valence-corrected chi connectivity index (χ4v) is 2.02. The van der Waals surface area contributed by atoms with Crippen molar-refractivity contribution < 1.29 is 13.6 Å². The molecule has 0 radical (unpaired) electrons. The average molecular weight is 345 g/mol. The third-order valence-electron chi connectivity index (χ3n) is 3.31. The van der Waals surface area contributed by atoms with Crippen molar-refractivity contribution in [3.8, 4) is 0 Å². The second-order valence-corrected chi connectivity index (χ2v) is 5.14. The Kier molecular flexibility index (Phi) is 6.27. The maximum absolute atomic E-state index is 13.5. The molecule has 0 saturated carbocycles. The maximum atomic E-state index is 13.5. The molecule has 0 aliphatic rings. The van der Waals surface area contributed by atoms with E-state index in [1.165, 1.54) is 10.9 Å². The van der Waals surface area contributed by atoms with Gasteiger partial charge in [-0.05, 0) is 30.2 Å². The van der Waals surface area contributed by atoms with Gasteiger partial charge in [0.25, 0.3) is 0 Å². The van der Waals surface area contributed by atoms with Gasteiger partial charge >= 0.3 is 0 Å². The Bertz CT molecular complexity index is 798. The van der Waals surface area contributed by atoms with Crippen LogP contribution in [-0.4, -0.2) is 25.9 Å². The number of carbonyl (C=O) groups excluding carboxylic acids is 1. The van der Waals surface area contributed by atoms with E-state index in [1.54, 1.807) is 12.4 Å². The van der Waals surface area contributed by atoms with Gasteiger partial charge in [0.1, 0.15) is 11.7 Å². The molecule has 0 spiro atoms. The number of allylic oxidation sites excluding steroid dienone is 4. The molecule has 8 heteroatoms. The van der Waals surface area contributed by atoms with Crippen molar-refractivity contribution in [3.05, 3.63) is 72.7 Å². The normalized spacial score (nSPS) is 11.6. The van der Waals surface area contributed by atoms with Gasteiger partial charge in [0.05, 0.1) is 12.7 Å². The second-order valence-electron chi connectivity index (χ2n) is 5.14. The lowest BCUT2D eigenvalue weighted by Crippen LogP contribution is -2.12. The summed E-state index contributed by atoms with van der Waals surface area (Å²) in [5.74, 6) is -1.80. The number of anilines is 1. The van der Waals surface area contributed by atoms with Crippen LogP contribution in [0.15, 0.2) is 67.2 Å². The molecular weight excluding hydrogens is 328 g/mol. The standard InChI is InChI=1S/C17H17F2N5O/c1-3-15(19)14(12(2)18)10-24-11-16(22-23-24)21-17(25)5-4-13-6-8-20-9-7-13/h3,6-9,11H,1-2,4-5,10H2,(H,21,25)/b15-14+. The highest BCUT2D eigenvalue weighted by Gasteiger charge is 2.12. The molecule has 0 aromatic carbocycles. The molecule has 0 bridgehead atoms. The Balaban J connectivity index is 1.93. The molecular formula is C17H17F2N5O. The van der Waals surface area contributed by atoms with Crippen LogP contribution in [0, 0.1) is 0 Å². The highest BCUT2D eigenvalue weighted by Crippen LogP contribution is 2.19. The molecule has 1 N–H and O–H groups in total. The summed E-state index contributed by atoms with van der Waals surface area (Å²) in [6, 6.07) is 3.66. The number of nitrogens with one attached hydrogen (secondary N) is 1. The van der Waals surface area contributed by atoms with Crippen LogP contribution < -0.4 is 5.32 Å². The number of amides is 1. The van der Waals surface area contributed by atoms with Crippen LogP contribution in [0.4, 0.5) is 14.6 Å². The van der Waals surface area contributed by atoms with Gasteiger partial charge < -0.3 is 5.32 Å². The van der Waals surface area contributed by atoms with Crippen LogP contribution >= 0.6 is 0 Å². The average Bonchev–Trinajstić information content (AvgIpc) is 3.05. The number of halogens is 2. The zero-order chi connectivity index (χ0) is 18.2. The highest BCUT2D eigenvalue weighted by atomic mass is 19.1. The summed E-state index contributed by atoms with van der Waals surface area (Å²) in [6.45, 7) is 6.11. The topological polar surface area (TPSA) is 72.7 Å². The molecule has 0 unspecified atom stereocenters. The SMILES string of the molecule is C=C/C(F)=C(/Cn1cc(NC(=O)CCc2ccncc2)nn1)C(=C)F. The summed E-state index contributed by atoms with van der Waals surface area (Å²) in [5, 5.41) is 10.1. The van der Waals surface area contributed by atoms with Gasteiger partial charge in [-0.15, -0.1) is 5.10 Å². The van der Waals surface area contributed by atoms with Crippen LogP contribution in [0.25, 0.3) is 0 Å². The van der Waals surface area contributed by atoms with E-state index >= 15 is 0 Å². The summed E-state index contributed by atoms with van der Waals surface area (Å²) >= 11 is 0. The smallest absolute Gasteiger partial charge is 0.225 e. The molecule has 0 saturated heterocycles. The van der Waals surface area contributed by atoms with Crippen LogP contribution in [0.2, 0.25) is 0 Å². The Morgan fingerprint density at radius 3 is 2.68 bits per heavy atom. The van der Waals surface area contributed by atoms with Gasteiger partial charge in [-0.1, -0.05) is 18.4 Å². The molecule has 2 heterocycles. The number of aryl methyl sites for hydroxylation is 1. The fourth-order valence-electron chi connectivity index (χ4n) is 2.02. The van der Waals surface area contributed by atoms with E-state index in [-0.39, 0.29) is 30.3 Å². The number of nitrogens with zero attached hydrogens (tertiary/aromatic N) is 4. The summed E-state index contributed by atoms with van der Waals surface area (Å²) in [5.41, 5.74) is 0.709. The first-order chi connectivity index (χ1) is 12.0. The third kappa shape index (κ3) is 5.45. The van der Waals surface area contributed by atoms with Crippen LogP contribution in [0.3, 0.4) is 0 Å². The molecule has 0 fully saturated rings. The summed E-state index contributed by atoms with van der Waals surface area (Å²) < 4.78 is 28.0. The lowest BCUT2D eigenvalue weighted by atomic mass is 10.1. The van der Waals surface area contributed by atoms with Crippen LogP contribution in [0.5, 0.6) is 0 Å².